The molecule has 0 aromatic heterocycles. The van der Waals surface area contributed by atoms with Gasteiger partial charge in [-0.3, -0.25) is 0 Å². The summed E-state index contributed by atoms with van der Waals surface area (Å²) in [6.07, 6.45) is 3.33. The van der Waals surface area contributed by atoms with Crippen LogP contribution >= 0.6 is 0 Å². The average molecular weight is 517 g/mol. The second-order valence-corrected chi connectivity index (χ2v) is 9.44. The molecular weight excluding hydrogens is 482 g/mol. The number of hydrogen-bond donors (Lipinski definition) is 0. The molecule has 0 bridgehead atoms. The highest BCUT2D eigenvalue weighted by Gasteiger charge is 2.38. The molecule has 2 aromatic carbocycles. The third-order valence-electron chi connectivity index (χ3n) is 7.01. The fourth-order valence-electron chi connectivity index (χ4n) is 4.95. The minimum absolute atomic E-state index is 0.117. The van der Waals surface area contributed by atoms with Crippen LogP contribution in [0, 0.1) is 29.2 Å². The van der Waals surface area contributed by atoms with Crippen molar-refractivity contribution in [2.24, 2.45) is 5.92 Å². The van der Waals surface area contributed by atoms with E-state index in [1.54, 1.807) is 6.92 Å². The molecule has 0 unspecified atom stereocenters. The van der Waals surface area contributed by atoms with Crippen LogP contribution in [-0.2, 0) is 17.3 Å². The van der Waals surface area contributed by atoms with Gasteiger partial charge in [0.1, 0.15) is 0 Å². The number of unbranched alkanes of at least 4 members (excludes halogenated alkanes) is 2. The first kappa shape index (κ1) is 28.4. The van der Waals surface area contributed by atoms with Crippen LogP contribution in [0.15, 0.2) is 24.3 Å². The molecule has 0 N–H and O–H groups in total. The van der Waals surface area contributed by atoms with Gasteiger partial charge in [-0.15, -0.1) is 0 Å². The van der Waals surface area contributed by atoms with Crippen LogP contribution in [0.5, 0.6) is 5.75 Å². The van der Waals surface area contributed by atoms with Crippen molar-refractivity contribution in [2.45, 2.75) is 83.7 Å². The van der Waals surface area contributed by atoms with Gasteiger partial charge in [0.2, 0.25) is 5.82 Å². The summed E-state index contributed by atoms with van der Waals surface area (Å²) in [4.78, 5) is 0. The van der Waals surface area contributed by atoms with Crippen LogP contribution in [0.4, 0.5) is 26.3 Å². The van der Waals surface area contributed by atoms with Crippen molar-refractivity contribution in [1.82, 2.24) is 0 Å². The Morgan fingerprint density at radius 3 is 2.22 bits per heavy atom. The van der Waals surface area contributed by atoms with Crippen molar-refractivity contribution in [1.29, 1.82) is 0 Å². The third kappa shape index (κ3) is 6.75. The topological polar surface area (TPSA) is 18.5 Å². The quantitative estimate of drug-likeness (QED) is 0.207. The molecule has 0 heterocycles. The lowest BCUT2D eigenvalue weighted by molar-refractivity contribution is -0.250. The number of halogens is 6. The Kier molecular flexibility index (Phi) is 10.1. The number of alkyl halides is 2. The standard InChI is InChI=1S/C28H34F6O2/c1-3-5-6-7-18-8-10-19(11-9-18)21-13-14-22(26(31)25(21)30)28(33,34)36-17-16-20-12-15-23(35-4-2)27(32)24(20)29/h12-15,18-19H,3-11,16-17H2,1-2H3. The van der Waals surface area contributed by atoms with Crippen LogP contribution < -0.4 is 4.74 Å². The van der Waals surface area contributed by atoms with E-state index in [-0.39, 0.29) is 29.4 Å². The van der Waals surface area contributed by atoms with E-state index in [4.69, 9.17) is 4.74 Å². The van der Waals surface area contributed by atoms with Gasteiger partial charge in [-0.25, -0.2) is 13.2 Å². The number of rotatable bonds is 12. The van der Waals surface area contributed by atoms with Crippen LogP contribution in [0.25, 0.3) is 0 Å². The first-order chi connectivity index (χ1) is 17.2. The second-order valence-electron chi connectivity index (χ2n) is 9.44. The molecule has 0 amide bonds. The maximum atomic E-state index is 14.8. The predicted molar refractivity (Wildman–Crippen MR) is 126 cm³/mol. The molecule has 0 atom stereocenters. The van der Waals surface area contributed by atoms with Gasteiger partial charge in [0.25, 0.3) is 0 Å². The second kappa shape index (κ2) is 12.8. The van der Waals surface area contributed by atoms with Gasteiger partial charge in [-0.1, -0.05) is 44.7 Å². The lowest BCUT2D eigenvalue weighted by Crippen LogP contribution is -2.23. The van der Waals surface area contributed by atoms with Gasteiger partial charge in [0, 0.05) is 0 Å². The Bertz CT molecular complexity index is 1000. The molecule has 0 saturated heterocycles. The molecule has 0 radical (unpaired) electrons. The maximum Gasteiger partial charge on any atom is 0.386 e. The number of benzene rings is 2. The van der Waals surface area contributed by atoms with Crippen molar-refractivity contribution in [3.05, 3.63) is 64.2 Å². The van der Waals surface area contributed by atoms with Gasteiger partial charge in [0.05, 0.1) is 18.8 Å². The SMILES string of the molecule is CCCCCC1CCC(c2ccc(C(F)(F)OCCc3ccc(OCC)c(F)c3F)c(F)c2F)CC1. The van der Waals surface area contributed by atoms with Crippen LogP contribution in [0.1, 0.15) is 87.8 Å². The summed E-state index contributed by atoms with van der Waals surface area (Å²) < 4.78 is 96.4. The Balaban J connectivity index is 1.62. The van der Waals surface area contributed by atoms with Gasteiger partial charge in [-0.05, 0) is 74.1 Å². The molecule has 1 fully saturated rings. The Hall–Kier alpha value is -2.22. The number of ether oxygens (including phenoxy) is 2. The van der Waals surface area contributed by atoms with Crippen molar-refractivity contribution in [3.8, 4) is 5.75 Å². The van der Waals surface area contributed by atoms with Gasteiger partial charge in [-0.2, -0.15) is 13.2 Å². The molecule has 1 aliphatic carbocycles. The Morgan fingerprint density at radius 2 is 1.56 bits per heavy atom. The van der Waals surface area contributed by atoms with E-state index in [0.717, 1.165) is 31.7 Å². The first-order valence-corrected chi connectivity index (χ1v) is 12.8. The van der Waals surface area contributed by atoms with E-state index in [2.05, 4.69) is 11.7 Å². The van der Waals surface area contributed by atoms with E-state index in [9.17, 15) is 26.3 Å². The van der Waals surface area contributed by atoms with Crippen molar-refractivity contribution in [3.63, 3.8) is 0 Å². The molecule has 3 rings (SSSR count). The van der Waals surface area contributed by atoms with Crippen LogP contribution in [-0.4, -0.2) is 13.2 Å². The summed E-state index contributed by atoms with van der Waals surface area (Å²) in [6.45, 7) is 3.15. The summed E-state index contributed by atoms with van der Waals surface area (Å²) in [5, 5.41) is 0. The largest absolute Gasteiger partial charge is 0.491 e. The number of hydrogen-bond acceptors (Lipinski definition) is 2. The molecular formula is C28H34F6O2. The average Bonchev–Trinajstić information content (AvgIpc) is 2.85. The molecule has 200 valence electrons. The van der Waals surface area contributed by atoms with E-state index >= 15 is 0 Å². The fraction of sp³-hybridized carbons (Fsp3) is 0.571. The Labute approximate surface area is 209 Å². The fourth-order valence-corrected chi connectivity index (χ4v) is 4.95. The molecule has 0 aliphatic heterocycles. The first-order valence-electron chi connectivity index (χ1n) is 12.8. The Morgan fingerprint density at radius 1 is 0.833 bits per heavy atom. The summed E-state index contributed by atoms with van der Waals surface area (Å²) >= 11 is 0. The zero-order valence-electron chi connectivity index (χ0n) is 20.8. The minimum Gasteiger partial charge on any atom is -0.491 e. The molecule has 0 spiro atoms. The van der Waals surface area contributed by atoms with Crippen molar-refractivity contribution in [2.75, 3.05) is 13.2 Å². The summed E-state index contributed by atoms with van der Waals surface area (Å²) in [5.41, 5.74) is -1.29. The third-order valence-corrected chi connectivity index (χ3v) is 7.01. The summed E-state index contributed by atoms with van der Waals surface area (Å²) in [7, 11) is 0. The highest BCUT2D eigenvalue weighted by Crippen LogP contribution is 2.41. The van der Waals surface area contributed by atoms with E-state index in [1.807, 2.05) is 0 Å². The van der Waals surface area contributed by atoms with Crippen molar-refractivity contribution >= 4 is 0 Å². The predicted octanol–water partition coefficient (Wildman–Crippen LogP) is 8.80. The van der Waals surface area contributed by atoms with Gasteiger partial charge < -0.3 is 9.47 Å². The normalized spacial score (nSPS) is 18.4. The molecule has 2 nitrogen and oxygen atoms in total. The molecule has 1 saturated carbocycles. The smallest absolute Gasteiger partial charge is 0.386 e. The van der Waals surface area contributed by atoms with Crippen LogP contribution in [0.2, 0.25) is 0 Å². The lowest BCUT2D eigenvalue weighted by Gasteiger charge is -2.29. The van der Waals surface area contributed by atoms with Crippen LogP contribution in [0.3, 0.4) is 0 Å². The maximum absolute atomic E-state index is 14.8. The van der Waals surface area contributed by atoms with E-state index < -0.39 is 48.0 Å². The van der Waals surface area contributed by atoms with E-state index in [1.165, 1.54) is 31.0 Å². The highest BCUT2D eigenvalue weighted by atomic mass is 19.3. The van der Waals surface area contributed by atoms with E-state index in [0.29, 0.717) is 18.8 Å². The van der Waals surface area contributed by atoms with Gasteiger partial charge in [0.15, 0.2) is 23.2 Å². The minimum atomic E-state index is -4.14. The van der Waals surface area contributed by atoms with Gasteiger partial charge >= 0.3 is 6.11 Å². The monoisotopic (exact) mass is 516 g/mol. The summed E-state index contributed by atoms with van der Waals surface area (Å²) in [6, 6.07) is 4.48. The zero-order chi connectivity index (χ0) is 26.3. The zero-order valence-corrected chi connectivity index (χ0v) is 20.8. The molecule has 36 heavy (non-hydrogen) atoms. The molecule has 2 aromatic rings. The molecule has 8 heteroatoms. The van der Waals surface area contributed by atoms with Crippen molar-refractivity contribution < 1.29 is 35.8 Å². The summed E-state index contributed by atoms with van der Waals surface area (Å²) in [5.74, 6) is -5.28. The molecule has 1 aliphatic rings. The lowest BCUT2D eigenvalue weighted by atomic mass is 9.76. The highest BCUT2D eigenvalue weighted by molar-refractivity contribution is 5.32.